The van der Waals surface area contributed by atoms with E-state index in [1.165, 1.54) is 4.31 Å². The van der Waals surface area contributed by atoms with Crippen LogP contribution in [0.15, 0.2) is 71.6 Å². The molecular weight excluding hydrogens is 546 g/mol. The molecule has 0 unspecified atom stereocenters. The van der Waals surface area contributed by atoms with Gasteiger partial charge in [-0.25, -0.2) is 8.42 Å². The van der Waals surface area contributed by atoms with Crippen molar-refractivity contribution in [2.45, 2.75) is 90.2 Å². The van der Waals surface area contributed by atoms with Gasteiger partial charge in [0.2, 0.25) is 11.8 Å². The predicted octanol–water partition coefficient (Wildman–Crippen LogP) is 5.98. The smallest absolute Gasteiger partial charge is 0.264 e. The fourth-order valence-electron chi connectivity index (χ4n) is 5.61. The molecule has 8 heteroatoms. The van der Waals surface area contributed by atoms with Gasteiger partial charge in [-0.15, -0.1) is 0 Å². The van der Waals surface area contributed by atoms with Crippen LogP contribution in [-0.4, -0.2) is 43.8 Å². The molecule has 0 spiro atoms. The van der Waals surface area contributed by atoms with Crippen molar-refractivity contribution < 1.29 is 18.0 Å². The number of sulfonamides is 1. The third-order valence-electron chi connectivity index (χ3n) is 8.42. The largest absolute Gasteiger partial charge is 0.352 e. The summed E-state index contributed by atoms with van der Waals surface area (Å²) in [5.41, 5.74) is 4.99. The van der Waals surface area contributed by atoms with Gasteiger partial charge >= 0.3 is 0 Å². The molecule has 1 aliphatic rings. The van der Waals surface area contributed by atoms with Crippen molar-refractivity contribution in [2.24, 2.45) is 0 Å². The van der Waals surface area contributed by atoms with Crippen LogP contribution >= 0.6 is 0 Å². The van der Waals surface area contributed by atoms with Crippen LogP contribution in [0.5, 0.6) is 0 Å². The Bertz CT molecular complexity index is 1510. The first-order valence-electron chi connectivity index (χ1n) is 14.8. The topological polar surface area (TPSA) is 86.8 Å². The summed E-state index contributed by atoms with van der Waals surface area (Å²) in [6.45, 7) is 9.31. The Kier molecular flexibility index (Phi) is 10.1. The van der Waals surface area contributed by atoms with E-state index in [9.17, 15) is 18.0 Å². The normalized spacial score (nSPS) is 14.4. The molecule has 0 heterocycles. The zero-order chi connectivity index (χ0) is 30.4. The quantitative estimate of drug-likeness (QED) is 0.298. The summed E-state index contributed by atoms with van der Waals surface area (Å²) in [5.74, 6) is -0.616. The maximum atomic E-state index is 14.4. The summed E-state index contributed by atoms with van der Waals surface area (Å²) in [7, 11) is -4.11. The first-order chi connectivity index (χ1) is 20.0. The molecule has 0 aromatic heterocycles. The summed E-state index contributed by atoms with van der Waals surface area (Å²) in [5, 5.41) is 3.16. The van der Waals surface area contributed by atoms with Crippen LogP contribution < -0.4 is 9.62 Å². The minimum atomic E-state index is -4.11. The Balaban J connectivity index is 1.75. The molecule has 0 saturated heterocycles. The number of carbonyl (C=O) groups excluding carboxylic acids is 2. The van der Waals surface area contributed by atoms with E-state index in [1.807, 2.05) is 65.0 Å². The van der Waals surface area contributed by atoms with Crippen LogP contribution in [-0.2, 0) is 26.2 Å². The van der Waals surface area contributed by atoms with E-state index in [1.54, 1.807) is 41.3 Å². The van der Waals surface area contributed by atoms with Gasteiger partial charge in [-0.3, -0.25) is 13.9 Å². The number of benzene rings is 3. The van der Waals surface area contributed by atoms with Crippen molar-refractivity contribution in [2.75, 3.05) is 10.8 Å². The molecule has 0 radical (unpaired) electrons. The summed E-state index contributed by atoms with van der Waals surface area (Å²) >= 11 is 0. The number of aryl methyl sites for hydroxylation is 3. The number of nitrogens with one attached hydrogen (secondary N) is 1. The summed E-state index contributed by atoms with van der Waals surface area (Å²) in [6.07, 6.45) is 4.43. The second-order valence-corrected chi connectivity index (χ2v) is 13.3. The number of hydrogen-bond donors (Lipinski definition) is 1. The van der Waals surface area contributed by atoms with Crippen LogP contribution in [0.3, 0.4) is 0 Å². The van der Waals surface area contributed by atoms with Gasteiger partial charge in [0.25, 0.3) is 10.0 Å². The standard InChI is InChI=1S/C34H43N3O4S/c1-6-31(34(39)35-29-15-9-10-16-29)36(22-28-14-8-7-12-26(28)4)33(38)23-37(32-17-11-13-25(3)27(32)5)42(40,41)30-20-18-24(2)19-21-30/h7-8,11-14,17-21,29,31H,6,9-10,15-16,22-23H2,1-5H3,(H,35,39)/t31-/m1/s1. The second-order valence-electron chi connectivity index (χ2n) is 11.4. The molecular formula is C34H43N3O4S. The average Bonchev–Trinajstić information content (AvgIpc) is 3.47. The second kappa shape index (κ2) is 13.6. The van der Waals surface area contributed by atoms with Crippen LogP contribution in [0.1, 0.15) is 66.8 Å². The maximum absolute atomic E-state index is 14.4. The van der Waals surface area contributed by atoms with Gasteiger partial charge in [0, 0.05) is 12.6 Å². The molecule has 4 rings (SSSR count). The monoisotopic (exact) mass is 589 g/mol. The molecule has 2 amide bonds. The van der Waals surface area contributed by atoms with E-state index in [0.29, 0.717) is 12.1 Å². The van der Waals surface area contributed by atoms with Crippen molar-refractivity contribution in [1.82, 2.24) is 10.2 Å². The SMILES string of the molecule is CC[C@H](C(=O)NC1CCCC1)N(Cc1ccccc1C)C(=O)CN(c1cccc(C)c1C)S(=O)(=O)c1ccc(C)cc1. The molecule has 3 aromatic rings. The van der Waals surface area contributed by atoms with Crippen molar-refractivity contribution in [3.8, 4) is 0 Å². The highest BCUT2D eigenvalue weighted by Crippen LogP contribution is 2.29. The van der Waals surface area contributed by atoms with Crippen molar-refractivity contribution in [1.29, 1.82) is 0 Å². The fourth-order valence-corrected chi connectivity index (χ4v) is 7.09. The van der Waals surface area contributed by atoms with Gasteiger partial charge in [-0.1, -0.05) is 73.9 Å². The number of rotatable bonds is 11. The van der Waals surface area contributed by atoms with Crippen LogP contribution in [0.2, 0.25) is 0 Å². The Labute approximate surface area is 251 Å². The first-order valence-corrected chi connectivity index (χ1v) is 16.3. The highest BCUT2D eigenvalue weighted by molar-refractivity contribution is 7.92. The predicted molar refractivity (Wildman–Crippen MR) is 168 cm³/mol. The lowest BCUT2D eigenvalue weighted by atomic mass is 10.1. The number of hydrogen-bond acceptors (Lipinski definition) is 4. The third kappa shape index (κ3) is 7.04. The van der Waals surface area contributed by atoms with E-state index in [-0.39, 0.29) is 23.4 Å². The van der Waals surface area contributed by atoms with Crippen LogP contribution in [0.25, 0.3) is 0 Å². The molecule has 0 bridgehead atoms. The molecule has 0 aliphatic heterocycles. The summed E-state index contributed by atoms with van der Waals surface area (Å²) in [6, 6.07) is 19.2. The lowest BCUT2D eigenvalue weighted by Gasteiger charge is -2.34. The van der Waals surface area contributed by atoms with E-state index in [0.717, 1.165) is 53.5 Å². The fraction of sp³-hybridized carbons (Fsp3) is 0.412. The van der Waals surface area contributed by atoms with Gasteiger partial charge in [0.05, 0.1) is 10.6 Å². The molecule has 7 nitrogen and oxygen atoms in total. The minimum Gasteiger partial charge on any atom is -0.352 e. The van der Waals surface area contributed by atoms with Crippen LogP contribution in [0, 0.1) is 27.7 Å². The van der Waals surface area contributed by atoms with Gasteiger partial charge in [0.1, 0.15) is 12.6 Å². The van der Waals surface area contributed by atoms with Crippen molar-refractivity contribution in [3.63, 3.8) is 0 Å². The van der Waals surface area contributed by atoms with Crippen LogP contribution in [0.4, 0.5) is 5.69 Å². The Morgan fingerprint density at radius 3 is 2.17 bits per heavy atom. The maximum Gasteiger partial charge on any atom is 0.264 e. The molecule has 1 aliphatic carbocycles. The van der Waals surface area contributed by atoms with Gasteiger partial charge < -0.3 is 10.2 Å². The lowest BCUT2D eigenvalue weighted by molar-refractivity contribution is -0.140. The first kappa shape index (κ1) is 31.3. The molecule has 1 N–H and O–H groups in total. The molecule has 224 valence electrons. The Hall–Kier alpha value is -3.65. The third-order valence-corrected chi connectivity index (χ3v) is 10.2. The minimum absolute atomic E-state index is 0.107. The van der Waals surface area contributed by atoms with Crippen molar-refractivity contribution >= 4 is 27.5 Å². The van der Waals surface area contributed by atoms with E-state index in [4.69, 9.17) is 0 Å². The number of nitrogens with zero attached hydrogens (tertiary/aromatic N) is 2. The molecule has 1 fully saturated rings. The van der Waals surface area contributed by atoms with Gasteiger partial charge in [-0.2, -0.15) is 0 Å². The van der Waals surface area contributed by atoms with E-state index in [2.05, 4.69) is 5.32 Å². The summed E-state index contributed by atoms with van der Waals surface area (Å²) in [4.78, 5) is 29.6. The zero-order valence-corrected chi connectivity index (χ0v) is 26.2. The zero-order valence-electron chi connectivity index (χ0n) is 25.4. The molecule has 3 aromatic carbocycles. The van der Waals surface area contributed by atoms with Crippen molar-refractivity contribution in [3.05, 3.63) is 94.5 Å². The van der Waals surface area contributed by atoms with E-state index >= 15 is 0 Å². The molecule has 1 atom stereocenters. The number of anilines is 1. The lowest BCUT2D eigenvalue weighted by Crippen LogP contribution is -2.53. The number of carbonyl (C=O) groups is 2. The van der Waals surface area contributed by atoms with E-state index < -0.39 is 28.5 Å². The average molecular weight is 590 g/mol. The molecule has 1 saturated carbocycles. The van der Waals surface area contributed by atoms with Gasteiger partial charge in [-0.05, 0) is 87.4 Å². The highest BCUT2D eigenvalue weighted by Gasteiger charge is 2.35. The molecule has 42 heavy (non-hydrogen) atoms. The van der Waals surface area contributed by atoms with Gasteiger partial charge in [0.15, 0.2) is 0 Å². The summed E-state index contributed by atoms with van der Waals surface area (Å²) < 4.78 is 29.5. The highest BCUT2D eigenvalue weighted by atomic mass is 32.2. The Morgan fingerprint density at radius 1 is 0.881 bits per heavy atom. The number of amides is 2. The Morgan fingerprint density at radius 2 is 1.52 bits per heavy atom.